The minimum atomic E-state index is -0.184. The summed E-state index contributed by atoms with van der Waals surface area (Å²) in [7, 11) is 0. The molecule has 0 radical (unpaired) electrons. The first-order chi connectivity index (χ1) is 8.11. The van der Waals surface area contributed by atoms with Crippen molar-refractivity contribution in [1.29, 1.82) is 0 Å². The van der Waals surface area contributed by atoms with E-state index in [0.29, 0.717) is 18.9 Å². The molecule has 1 heterocycles. The second-order valence-electron chi connectivity index (χ2n) is 4.52. The maximum absolute atomic E-state index is 11.6. The number of nitrogens with zero attached hydrogens (tertiary/aromatic N) is 1. The van der Waals surface area contributed by atoms with Crippen LogP contribution in [-0.2, 0) is 16.1 Å². The average molecular weight is 256 g/mol. The maximum Gasteiger partial charge on any atom is 0.306 e. The second kappa shape index (κ2) is 7.40. The first kappa shape index (κ1) is 14.1. The number of ether oxygens (including phenoxy) is 1. The van der Waals surface area contributed by atoms with E-state index in [1.54, 1.807) is 6.20 Å². The lowest BCUT2D eigenvalue weighted by Crippen LogP contribution is -2.21. The van der Waals surface area contributed by atoms with Crippen LogP contribution >= 0.6 is 11.3 Å². The molecule has 0 bridgehead atoms. The lowest BCUT2D eigenvalue weighted by atomic mass is 9.94. The molecule has 96 valence electrons. The molecule has 0 aliphatic carbocycles. The normalized spacial score (nSPS) is 12.7. The molecule has 4 nitrogen and oxygen atoms in total. The third-order valence-electron chi connectivity index (χ3n) is 2.43. The highest BCUT2D eigenvalue weighted by Crippen LogP contribution is 2.15. The summed E-state index contributed by atoms with van der Waals surface area (Å²) in [6, 6.07) is 0. The highest BCUT2D eigenvalue weighted by atomic mass is 32.1. The van der Waals surface area contributed by atoms with Crippen LogP contribution in [0.5, 0.6) is 0 Å². The van der Waals surface area contributed by atoms with Gasteiger partial charge in [0.2, 0.25) is 0 Å². The fraction of sp³-hybridized carbons (Fsp3) is 0.667. The molecule has 0 aromatic carbocycles. The molecule has 1 atom stereocenters. The van der Waals surface area contributed by atoms with Gasteiger partial charge >= 0.3 is 5.97 Å². The number of hydrogen-bond acceptors (Lipinski definition) is 5. The van der Waals surface area contributed by atoms with Gasteiger partial charge in [0.1, 0.15) is 11.6 Å². The summed E-state index contributed by atoms with van der Waals surface area (Å²) < 4.78 is 5.15. The topological polar surface area (TPSA) is 65.2 Å². The largest absolute Gasteiger partial charge is 0.458 e. The van der Waals surface area contributed by atoms with Crippen molar-refractivity contribution in [1.82, 2.24) is 4.98 Å². The zero-order valence-corrected chi connectivity index (χ0v) is 11.2. The summed E-state index contributed by atoms with van der Waals surface area (Å²) in [6.07, 6.45) is 3.07. The van der Waals surface area contributed by atoms with Gasteiger partial charge in [-0.1, -0.05) is 13.8 Å². The maximum atomic E-state index is 11.6. The molecule has 1 rings (SSSR count). The molecule has 0 unspecified atom stereocenters. The van der Waals surface area contributed by atoms with Gasteiger partial charge in [0.05, 0.1) is 0 Å². The van der Waals surface area contributed by atoms with Gasteiger partial charge in [-0.15, -0.1) is 11.3 Å². The smallest absolute Gasteiger partial charge is 0.306 e. The van der Waals surface area contributed by atoms with E-state index in [1.807, 2.05) is 5.38 Å². The van der Waals surface area contributed by atoms with Gasteiger partial charge in [-0.3, -0.25) is 4.79 Å². The van der Waals surface area contributed by atoms with E-state index >= 15 is 0 Å². The molecular weight excluding hydrogens is 236 g/mol. The van der Waals surface area contributed by atoms with Crippen LogP contribution in [0.15, 0.2) is 11.6 Å². The van der Waals surface area contributed by atoms with E-state index in [9.17, 15) is 4.79 Å². The molecule has 0 aliphatic heterocycles. The van der Waals surface area contributed by atoms with Crippen molar-refractivity contribution in [2.24, 2.45) is 17.6 Å². The number of aromatic nitrogens is 1. The Kier molecular flexibility index (Phi) is 6.15. The SMILES string of the molecule is CC(C)C[C@H](CN)CC(=O)OCc1nccs1. The summed E-state index contributed by atoms with van der Waals surface area (Å²) in [5.74, 6) is 0.588. The number of esters is 1. The minimum Gasteiger partial charge on any atom is -0.458 e. The highest BCUT2D eigenvalue weighted by Gasteiger charge is 2.15. The zero-order valence-electron chi connectivity index (χ0n) is 10.4. The van der Waals surface area contributed by atoms with Crippen LogP contribution in [0.25, 0.3) is 0 Å². The Morgan fingerprint density at radius 1 is 1.59 bits per heavy atom. The lowest BCUT2D eigenvalue weighted by molar-refractivity contribution is -0.146. The van der Waals surface area contributed by atoms with Crippen LogP contribution in [0.2, 0.25) is 0 Å². The number of hydrogen-bond donors (Lipinski definition) is 1. The third kappa shape index (κ3) is 5.79. The van der Waals surface area contributed by atoms with Gasteiger partial charge in [0, 0.05) is 18.0 Å². The predicted molar refractivity (Wildman–Crippen MR) is 68.5 cm³/mol. The van der Waals surface area contributed by atoms with Crippen molar-refractivity contribution >= 4 is 17.3 Å². The average Bonchev–Trinajstić information content (AvgIpc) is 2.77. The van der Waals surface area contributed by atoms with Gasteiger partial charge in [0.25, 0.3) is 0 Å². The van der Waals surface area contributed by atoms with Crippen molar-refractivity contribution in [3.63, 3.8) is 0 Å². The monoisotopic (exact) mass is 256 g/mol. The van der Waals surface area contributed by atoms with Gasteiger partial charge in [-0.25, -0.2) is 4.98 Å². The van der Waals surface area contributed by atoms with Crippen molar-refractivity contribution in [2.75, 3.05) is 6.54 Å². The summed E-state index contributed by atoms with van der Waals surface area (Å²) in [5, 5.41) is 2.69. The molecule has 5 heteroatoms. The zero-order chi connectivity index (χ0) is 12.7. The molecule has 0 fully saturated rings. The van der Waals surface area contributed by atoms with Gasteiger partial charge in [0.15, 0.2) is 0 Å². The Labute approximate surface area is 106 Å². The predicted octanol–water partition coefficient (Wildman–Crippen LogP) is 2.20. The van der Waals surface area contributed by atoms with Crippen molar-refractivity contribution in [3.05, 3.63) is 16.6 Å². The third-order valence-corrected chi connectivity index (χ3v) is 3.19. The highest BCUT2D eigenvalue weighted by molar-refractivity contribution is 7.09. The Balaban J connectivity index is 2.27. The quantitative estimate of drug-likeness (QED) is 0.759. The van der Waals surface area contributed by atoms with Crippen LogP contribution in [0, 0.1) is 11.8 Å². The van der Waals surface area contributed by atoms with Crippen molar-refractivity contribution < 1.29 is 9.53 Å². The lowest BCUT2D eigenvalue weighted by Gasteiger charge is -2.15. The molecule has 0 saturated carbocycles. The molecule has 0 amide bonds. The Morgan fingerprint density at radius 3 is 2.88 bits per heavy atom. The summed E-state index contributed by atoms with van der Waals surface area (Å²) in [4.78, 5) is 15.6. The Morgan fingerprint density at radius 2 is 2.35 bits per heavy atom. The molecule has 0 saturated heterocycles. The fourth-order valence-corrected chi connectivity index (χ4v) is 2.22. The van der Waals surface area contributed by atoms with Gasteiger partial charge in [-0.2, -0.15) is 0 Å². The number of carbonyl (C=O) groups is 1. The van der Waals surface area contributed by atoms with E-state index in [1.165, 1.54) is 11.3 Å². The number of nitrogens with two attached hydrogens (primary N) is 1. The molecule has 1 aromatic rings. The number of carbonyl (C=O) groups excluding carboxylic acids is 1. The molecule has 0 aliphatic rings. The first-order valence-corrected chi connectivity index (χ1v) is 6.73. The second-order valence-corrected chi connectivity index (χ2v) is 5.50. The fourth-order valence-electron chi connectivity index (χ4n) is 1.69. The summed E-state index contributed by atoms with van der Waals surface area (Å²) >= 11 is 1.49. The Hall–Kier alpha value is -0.940. The standard InChI is InChI=1S/C12H20N2O2S/c1-9(2)5-10(7-13)6-12(15)16-8-11-14-3-4-17-11/h3-4,9-10H,5-8,13H2,1-2H3/t10-/m0/s1. The number of thiazole rings is 1. The van der Waals surface area contributed by atoms with Gasteiger partial charge in [-0.05, 0) is 24.8 Å². The van der Waals surface area contributed by atoms with Crippen molar-refractivity contribution in [3.8, 4) is 0 Å². The molecule has 0 spiro atoms. The Bertz CT molecular complexity index is 325. The molecule has 2 N–H and O–H groups in total. The summed E-state index contributed by atoms with van der Waals surface area (Å²) in [5.41, 5.74) is 5.64. The van der Waals surface area contributed by atoms with E-state index in [0.717, 1.165) is 11.4 Å². The van der Waals surface area contributed by atoms with E-state index in [-0.39, 0.29) is 18.5 Å². The van der Waals surface area contributed by atoms with E-state index in [2.05, 4.69) is 18.8 Å². The van der Waals surface area contributed by atoms with Gasteiger partial charge < -0.3 is 10.5 Å². The van der Waals surface area contributed by atoms with Crippen LogP contribution in [0.1, 0.15) is 31.7 Å². The summed E-state index contributed by atoms with van der Waals surface area (Å²) in [6.45, 7) is 5.06. The van der Waals surface area contributed by atoms with Crippen LogP contribution in [-0.4, -0.2) is 17.5 Å². The van der Waals surface area contributed by atoms with Crippen LogP contribution in [0.4, 0.5) is 0 Å². The van der Waals surface area contributed by atoms with Crippen LogP contribution in [0.3, 0.4) is 0 Å². The van der Waals surface area contributed by atoms with E-state index < -0.39 is 0 Å². The molecule has 1 aromatic heterocycles. The van der Waals surface area contributed by atoms with Crippen LogP contribution < -0.4 is 5.73 Å². The first-order valence-electron chi connectivity index (χ1n) is 5.85. The molecule has 17 heavy (non-hydrogen) atoms. The van der Waals surface area contributed by atoms with Crippen molar-refractivity contribution in [2.45, 2.75) is 33.3 Å². The molecular formula is C12H20N2O2S. The van der Waals surface area contributed by atoms with E-state index in [4.69, 9.17) is 10.5 Å². The number of rotatable bonds is 7. The minimum absolute atomic E-state index is 0.184.